The highest BCUT2D eigenvalue weighted by Gasteiger charge is 2.34. The summed E-state index contributed by atoms with van der Waals surface area (Å²) in [6.45, 7) is 5.49. The van der Waals surface area contributed by atoms with E-state index >= 15 is 0 Å². The third kappa shape index (κ3) is 7.87. The van der Waals surface area contributed by atoms with Gasteiger partial charge in [-0.3, -0.25) is 13.9 Å². The van der Waals surface area contributed by atoms with Gasteiger partial charge in [-0.1, -0.05) is 72.3 Å². The molecule has 2 amide bonds. The standard InChI is InChI=1S/C34H36FN3O4S/c1-4-36-34(40)32(22-27-11-6-5-7-12-27)37(23-28-13-9-8-10-26(28)3)33(39)24-38(30-18-14-25(2)15-19-30)43(41,42)31-20-16-29(35)17-21-31/h5-21,32H,4,22-24H2,1-3H3,(H,36,40)/t32-/m0/s1. The molecule has 0 radical (unpaired) electrons. The van der Waals surface area contributed by atoms with Crippen LogP contribution in [-0.4, -0.2) is 44.3 Å². The molecule has 4 aromatic carbocycles. The van der Waals surface area contributed by atoms with Crippen LogP contribution >= 0.6 is 0 Å². The maximum atomic E-state index is 14.4. The number of amides is 2. The fourth-order valence-electron chi connectivity index (χ4n) is 4.79. The zero-order valence-corrected chi connectivity index (χ0v) is 25.4. The molecule has 0 unspecified atom stereocenters. The molecule has 0 aliphatic heterocycles. The quantitative estimate of drug-likeness (QED) is 0.235. The summed E-state index contributed by atoms with van der Waals surface area (Å²) >= 11 is 0. The molecule has 0 heterocycles. The Morgan fingerprint density at radius 2 is 1.47 bits per heavy atom. The van der Waals surface area contributed by atoms with Crippen molar-refractivity contribution in [2.24, 2.45) is 0 Å². The van der Waals surface area contributed by atoms with E-state index in [1.54, 1.807) is 31.2 Å². The van der Waals surface area contributed by atoms with E-state index in [2.05, 4.69) is 5.32 Å². The first-order valence-electron chi connectivity index (χ1n) is 14.1. The van der Waals surface area contributed by atoms with Crippen LogP contribution in [0.3, 0.4) is 0 Å². The monoisotopic (exact) mass is 601 g/mol. The molecule has 7 nitrogen and oxygen atoms in total. The van der Waals surface area contributed by atoms with Gasteiger partial charge in [0.05, 0.1) is 10.6 Å². The minimum atomic E-state index is -4.29. The molecule has 4 aromatic rings. The van der Waals surface area contributed by atoms with Crippen molar-refractivity contribution in [1.82, 2.24) is 10.2 Å². The molecule has 0 spiro atoms. The first-order chi connectivity index (χ1) is 20.6. The number of hydrogen-bond acceptors (Lipinski definition) is 4. The first-order valence-corrected chi connectivity index (χ1v) is 15.5. The van der Waals surface area contributed by atoms with E-state index < -0.39 is 34.3 Å². The summed E-state index contributed by atoms with van der Waals surface area (Å²) in [7, 11) is -4.29. The van der Waals surface area contributed by atoms with Crippen LogP contribution in [0.15, 0.2) is 108 Å². The lowest BCUT2D eigenvalue weighted by Crippen LogP contribution is -2.53. The lowest BCUT2D eigenvalue weighted by atomic mass is 10.0. The number of carbonyl (C=O) groups excluding carboxylic acids is 2. The number of carbonyl (C=O) groups is 2. The number of nitrogens with zero attached hydrogens (tertiary/aromatic N) is 2. The molecular weight excluding hydrogens is 565 g/mol. The Morgan fingerprint density at radius 1 is 0.837 bits per heavy atom. The summed E-state index contributed by atoms with van der Waals surface area (Å²) in [6.07, 6.45) is 0.236. The second kappa shape index (κ2) is 14.1. The predicted molar refractivity (Wildman–Crippen MR) is 166 cm³/mol. The number of aryl methyl sites for hydroxylation is 2. The highest BCUT2D eigenvalue weighted by molar-refractivity contribution is 7.92. The summed E-state index contributed by atoms with van der Waals surface area (Å²) in [5, 5.41) is 2.85. The summed E-state index contributed by atoms with van der Waals surface area (Å²) in [6, 6.07) is 27.3. The van der Waals surface area contributed by atoms with Crippen molar-refractivity contribution in [3.63, 3.8) is 0 Å². The number of rotatable bonds is 12. The van der Waals surface area contributed by atoms with E-state index in [1.807, 2.05) is 68.4 Å². The maximum Gasteiger partial charge on any atom is 0.264 e. The third-order valence-corrected chi connectivity index (χ3v) is 9.01. The van der Waals surface area contributed by atoms with E-state index in [0.717, 1.165) is 38.7 Å². The normalized spacial score (nSPS) is 11.9. The number of sulfonamides is 1. The molecule has 9 heteroatoms. The van der Waals surface area contributed by atoms with Gasteiger partial charge in [-0.2, -0.15) is 0 Å². The number of halogens is 1. The SMILES string of the molecule is CCNC(=O)[C@H](Cc1ccccc1)N(Cc1ccccc1C)C(=O)CN(c1ccc(C)cc1)S(=O)(=O)c1ccc(F)cc1. The summed E-state index contributed by atoms with van der Waals surface area (Å²) in [5.41, 5.74) is 3.81. The molecular formula is C34H36FN3O4S. The van der Waals surface area contributed by atoms with Crippen LogP contribution in [0.1, 0.15) is 29.2 Å². The van der Waals surface area contributed by atoms with Crippen LogP contribution < -0.4 is 9.62 Å². The van der Waals surface area contributed by atoms with Crippen molar-refractivity contribution < 1.29 is 22.4 Å². The summed E-state index contributed by atoms with van der Waals surface area (Å²) < 4.78 is 42.6. The largest absolute Gasteiger partial charge is 0.355 e. The number of nitrogens with one attached hydrogen (secondary N) is 1. The van der Waals surface area contributed by atoms with Crippen LogP contribution in [0.2, 0.25) is 0 Å². The number of benzene rings is 4. The van der Waals surface area contributed by atoms with Crippen molar-refractivity contribution in [2.45, 2.75) is 44.7 Å². The molecule has 4 rings (SSSR count). The molecule has 0 fully saturated rings. The Hall–Kier alpha value is -4.50. The lowest BCUT2D eigenvalue weighted by molar-refractivity contribution is -0.140. The average Bonchev–Trinajstić information content (AvgIpc) is 3.00. The van der Waals surface area contributed by atoms with Crippen molar-refractivity contribution in [2.75, 3.05) is 17.4 Å². The lowest BCUT2D eigenvalue weighted by Gasteiger charge is -2.34. The Labute approximate surface area is 253 Å². The van der Waals surface area contributed by atoms with E-state index in [1.165, 1.54) is 17.0 Å². The van der Waals surface area contributed by atoms with Gasteiger partial charge in [0.2, 0.25) is 11.8 Å². The molecule has 0 aromatic heterocycles. The second-order valence-electron chi connectivity index (χ2n) is 10.3. The molecule has 0 saturated heterocycles. The fraction of sp³-hybridized carbons (Fsp3) is 0.235. The molecule has 1 N–H and O–H groups in total. The van der Waals surface area contributed by atoms with Crippen LogP contribution in [0, 0.1) is 19.7 Å². The summed E-state index contributed by atoms with van der Waals surface area (Å²) in [5.74, 6) is -1.47. The van der Waals surface area contributed by atoms with Gasteiger partial charge in [0.25, 0.3) is 10.0 Å². The molecule has 0 aliphatic carbocycles. The topological polar surface area (TPSA) is 86.8 Å². The first kappa shape index (κ1) is 31.4. The van der Waals surface area contributed by atoms with Gasteiger partial charge < -0.3 is 10.2 Å². The maximum absolute atomic E-state index is 14.4. The summed E-state index contributed by atoms with van der Waals surface area (Å²) in [4.78, 5) is 29.2. The van der Waals surface area contributed by atoms with Crippen LogP contribution in [-0.2, 0) is 32.6 Å². The molecule has 224 valence electrons. The van der Waals surface area contributed by atoms with E-state index in [4.69, 9.17) is 0 Å². The minimum Gasteiger partial charge on any atom is -0.355 e. The average molecular weight is 602 g/mol. The van der Waals surface area contributed by atoms with Crippen molar-refractivity contribution in [1.29, 1.82) is 0 Å². The van der Waals surface area contributed by atoms with Crippen molar-refractivity contribution in [3.05, 3.63) is 131 Å². The molecule has 1 atom stereocenters. The third-order valence-electron chi connectivity index (χ3n) is 7.23. The van der Waals surface area contributed by atoms with Gasteiger partial charge in [-0.15, -0.1) is 0 Å². The van der Waals surface area contributed by atoms with E-state index in [0.29, 0.717) is 6.54 Å². The van der Waals surface area contributed by atoms with Crippen LogP contribution in [0.5, 0.6) is 0 Å². The van der Waals surface area contributed by atoms with Gasteiger partial charge in [0.1, 0.15) is 18.4 Å². The number of anilines is 1. The van der Waals surface area contributed by atoms with Crippen LogP contribution in [0.4, 0.5) is 10.1 Å². The number of hydrogen-bond donors (Lipinski definition) is 1. The Bertz CT molecular complexity index is 1640. The van der Waals surface area contributed by atoms with Gasteiger partial charge in [0, 0.05) is 19.5 Å². The molecule has 43 heavy (non-hydrogen) atoms. The Balaban J connectivity index is 1.80. The Morgan fingerprint density at radius 3 is 2.09 bits per heavy atom. The highest BCUT2D eigenvalue weighted by Crippen LogP contribution is 2.26. The number of likely N-dealkylation sites (N-methyl/N-ethyl adjacent to an activating group) is 1. The van der Waals surface area contributed by atoms with Gasteiger partial charge in [0.15, 0.2) is 0 Å². The smallest absolute Gasteiger partial charge is 0.264 e. The van der Waals surface area contributed by atoms with Gasteiger partial charge >= 0.3 is 0 Å². The zero-order chi connectivity index (χ0) is 31.0. The van der Waals surface area contributed by atoms with Gasteiger partial charge in [-0.05, 0) is 73.9 Å². The van der Waals surface area contributed by atoms with Crippen molar-refractivity contribution >= 4 is 27.5 Å². The second-order valence-corrected chi connectivity index (χ2v) is 12.2. The minimum absolute atomic E-state index is 0.0957. The molecule has 0 saturated carbocycles. The van der Waals surface area contributed by atoms with Crippen molar-refractivity contribution in [3.8, 4) is 0 Å². The fourth-order valence-corrected chi connectivity index (χ4v) is 6.20. The molecule has 0 aliphatic rings. The predicted octanol–water partition coefficient (Wildman–Crippen LogP) is 5.41. The van der Waals surface area contributed by atoms with Crippen LogP contribution in [0.25, 0.3) is 0 Å². The Kier molecular flexibility index (Phi) is 10.3. The molecule has 0 bridgehead atoms. The van der Waals surface area contributed by atoms with E-state index in [9.17, 15) is 22.4 Å². The van der Waals surface area contributed by atoms with E-state index in [-0.39, 0.29) is 29.5 Å². The van der Waals surface area contributed by atoms with Gasteiger partial charge in [-0.25, -0.2) is 12.8 Å². The zero-order valence-electron chi connectivity index (χ0n) is 24.5. The highest BCUT2D eigenvalue weighted by atomic mass is 32.2.